The van der Waals surface area contributed by atoms with Crippen LogP contribution in [0.15, 0.2) is 29.6 Å². The maximum Gasteiger partial charge on any atom is 0.137 e. The van der Waals surface area contributed by atoms with E-state index >= 15 is 0 Å². The van der Waals surface area contributed by atoms with Crippen LogP contribution in [0.2, 0.25) is 10.0 Å². The Balaban J connectivity index is 0.00000161. The molecule has 0 fully saturated rings. The van der Waals surface area contributed by atoms with Crippen molar-refractivity contribution in [2.24, 2.45) is 0 Å². The fraction of sp³-hybridized carbons (Fsp3) is 0.333. The van der Waals surface area contributed by atoms with E-state index in [2.05, 4.69) is 23.3 Å². The lowest BCUT2D eigenvalue weighted by atomic mass is 10.1. The Hall–Kier alpha value is -0.450. The summed E-state index contributed by atoms with van der Waals surface area (Å²) in [5.41, 5.74) is 1.30. The Bertz CT molecular complexity index is 617. The fourth-order valence-electron chi connectivity index (χ4n) is 2.42. The number of ether oxygens (including phenoxy) is 1. The monoisotopic (exact) mass is 363 g/mol. The Morgan fingerprint density at radius 2 is 2.10 bits per heavy atom. The van der Waals surface area contributed by atoms with Gasteiger partial charge in [0.1, 0.15) is 11.9 Å². The van der Waals surface area contributed by atoms with Crippen molar-refractivity contribution in [3.05, 3.63) is 50.1 Å². The van der Waals surface area contributed by atoms with Crippen molar-refractivity contribution in [2.45, 2.75) is 19.6 Å². The smallest absolute Gasteiger partial charge is 0.137 e. The molecule has 2 heterocycles. The predicted molar refractivity (Wildman–Crippen MR) is 92.3 cm³/mol. The number of nitrogens with zero attached hydrogens (tertiary/aromatic N) is 1. The van der Waals surface area contributed by atoms with Crippen molar-refractivity contribution in [3.8, 4) is 5.75 Å². The Morgan fingerprint density at radius 3 is 2.81 bits per heavy atom. The molecule has 6 heteroatoms. The lowest BCUT2D eigenvalue weighted by Gasteiger charge is -2.32. The highest BCUT2D eigenvalue weighted by atomic mass is 35.5. The molecule has 1 aromatic heterocycles. The highest BCUT2D eigenvalue weighted by Crippen LogP contribution is 2.35. The van der Waals surface area contributed by atoms with Gasteiger partial charge in [-0.05, 0) is 30.1 Å². The number of rotatable bonds is 3. The van der Waals surface area contributed by atoms with Gasteiger partial charge in [0.25, 0.3) is 0 Å². The molecule has 1 aliphatic rings. The van der Waals surface area contributed by atoms with Gasteiger partial charge in [-0.2, -0.15) is 0 Å². The van der Waals surface area contributed by atoms with Gasteiger partial charge in [-0.15, -0.1) is 23.7 Å². The Kier molecular flexibility index (Phi) is 5.81. The molecular formula is C15H16Cl3NOS. The number of fused-ring (bicyclic) bond motifs is 1. The molecule has 0 spiro atoms. The van der Waals surface area contributed by atoms with Crippen LogP contribution in [-0.4, -0.2) is 18.0 Å². The van der Waals surface area contributed by atoms with Gasteiger partial charge < -0.3 is 4.74 Å². The maximum atomic E-state index is 6.13. The second kappa shape index (κ2) is 7.21. The molecule has 3 rings (SSSR count). The van der Waals surface area contributed by atoms with Crippen LogP contribution in [-0.2, 0) is 6.54 Å². The van der Waals surface area contributed by atoms with Gasteiger partial charge in [-0.25, -0.2) is 0 Å². The first-order valence-corrected chi connectivity index (χ1v) is 8.21. The zero-order chi connectivity index (χ0) is 14.1. The van der Waals surface area contributed by atoms with Crippen molar-refractivity contribution in [1.82, 2.24) is 4.90 Å². The molecule has 114 valence electrons. The van der Waals surface area contributed by atoms with E-state index in [4.69, 9.17) is 27.9 Å². The first kappa shape index (κ1) is 16.9. The maximum absolute atomic E-state index is 6.13. The van der Waals surface area contributed by atoms with Crippen LogP contribution >= 0.6 is 46.9 Å². The van der Waals surface area contributed by atoms with Crippen molar-refractivity contribution >= 4 is 46.9 Å². The normalized spacial score (nSPS) is 18.0. The van der Waals surface area contributed by atoms with Crippen LogP contribution < -0.4 is 4.74 Å². The van der Waals surface area contributed by atoms with Gasteiger partial charge in [0, 0.05) is 29.6 Å². The molecule has 2 nitrogen and oxygen atoms in total. The van der Waals surface area contributed by atoms with Gasteiger partial charge >= 0.3 is 0 Å². The molecule has 0 N–H and O–H groups in total. The fourth-order valence-corrected chi connectivity index (χ4v) is 3.68. The minimum Gasteiger partial charge on any atom is -0.484 e. The van der Waals surface area contributed by atoms with Crippen molar-refractivity contribution in [1.29, 1.82) is 0 Å². The minimum atomic E-state index is 0. The summed E-state index contributed by atoms with van der Waals surface area (Å²) in [5.74, 6) is 0.763. The molecule has 2 aromatic rings. The number of hydrogen-bond acceptors (Lipinski definition) is 3. The molecule has 0 aliphatic carbocycles. The molecule has 1 aromatic carbocycles. The number of thiophene rings is 1. The third-order valence-electron chi connectivity index (χ3n) is 3.53. The lowest BCUT2D eigenvalue weighted by molar-refractivity contribution is 0.117. The van der Waals surface area contributed by atoms with E-state index < -0.39 is 0 Å². The molecule has 0 bridgehead atoms. The largest absolute Gasteiger partial charge is 0.484 e. The highest BCUT2D eigenvalue weighted by molar-refractivity contribution is 7.10. The van der Waals surface area contributed by atoms with Crippen LogP contribution in [0.3, 0.4) is 0 Å². The quantitative estimate of drug-likeness (QED) is 0.719. The van der Waals surface area contributed by atoms with E-state index in [0.29, 0.717) is 10.0 Å². The van der Waals surface area contributed by atoms with Gasteiger partial charge in [0.2, 0.25) is 0 Å². The second-order valence-corrected chi connectivity index (χ2v) is 6.62. The minimum absolute atomic E-state index is 0. The van der Waals surface area contributed by atoms with Crippen molar-refractivity contribution in [2.75, 3.05) is 13.1 Å². The summed E-state index contributed by atoms with van der Waals surface area (Å²) in [6.45, 7) is 5.12. The summed E-state index contributed by atoms with van der Waals surface area (Å²) < 4.78 is 6.13. The second-order valence-electron chi connectivity index (χ2n) is 4.81. The molecule has 1 atom stereocenters. The number of likely N-dealkylation sites (N-methyl/N-ethyl adjacent to an activating group) is 1. The molecule has 1 unspecified atom stereocenters. The van der Waals surface area contributed by atoms with E-state index in [1.54, 1.807) is 23.5 Å². The van der Waals surface area contributed by atoms with Gasteiger partial charge in [-0.3, -0.25) is 4.90 Å². The Morgan fingerprint density at radius 1 is 1.29 bits per heavy atom. The van der Waals surface area contributed by atoms with Gasteiger partial charge in [0.05, 0.1) is 10.0 Å². The number of halogens is 3. The molecule has 1 aliphatic heterocycles. The van der Waals surface area contributed by atoms with Gasteiger partial charge in [-0.1, -0.05) is 30.1 Å². The summed E-state index contributed by atoms with van der Waals surface area (Å²) in [6, 6.07) is 7.58. The molecule has 0 saturated carbocycles. The summed E-state index contributed by atoms with van der Waals surface area (Å²) >= 11 is 13.8. The van der Waals surface area contributed by atoms with Crippen LogP contribution in [0, 0.1) is 0 Å². The zero-order valence-electron chi connectivity index (χ0n) is 11.5. The standard InChI is InChI=1S/C15H15Cl2NOS.ClH/c1-2-18-8-14(11-5-6-20-15(11)9-18)19-10-3-4-12(16)13(17)7-10;/h3-7,14H,2,8-9H2,1H3;1H. The topological polar surface area (TPSA) is 12.5 Å². The average Bonchev–Trinajstić information content (AvgIpc) is 2.91. The molecule has 0 radical (unpaired) electrons. The van der Waals surface area contributed by atoms with Crippen LogP contribution in [0.4, 0.5) is 0 Å². The summed E-state index contributed by atoms with van der Waals surface area (Å²) in [5, 5.41) is 3.21. The predicted octanol–water partition coefficient (Wildman–Crippen LogP) is 5.43. The van der Waals surface area contributed by atoms with E-state index in [0.717, 1.165) is 25.4 Å². The van der Waals surface area contributed by atoms with Crippen LogP contribution in [0.25, 0.3) is 0 Å². The zero-order valence-corrected chi connectivity index (χ0v) is 14.7. The Labute approximate surface area is 145 Å². The van der Waals surface area contributed by atoms with Crippen LogP contribution in [0.1, 0.15) is 23.5 Å². The third kappa shape index (κ3) is 3.66. The third-order valence-corrected chi connectivity index (χ3v) is 5.20. The molecule has 0 amide bonds. The molecule has 21 heavy (non-hydrogen) atoms. The van der Waals surface area contributed by atoms with Crippen molar-refractivity contribution < 1.29 is 4.74 Å². The highest BCUT2D eigenvalue weighted by Gasteiger charge is 2.27. The SMILES string of the molecule is CCN1Cc2sccc2C(Oc2ccc(Cl)c(Cl)c2)C1.Cl. The van der Waals surface area contributed by atoms with E-state index in [1.807, 2.05) is 6.07 Å². The number of benzene rings is 1. The summed E-state index contributed by atoms with van der Waals surface area (Å²) in [7, 11) is 0. The number of hydrogen-bond donors (Lipinski definition) is 0. The van der Waals surface area contributed by atoms with Crippen LogP contribution in [0.5, 0.6) is 5.75 Å². The van der Waals surface area contributed by atoms with E-state index in [9.17, 15) is 0 Å². The van der Waals surface area contributed by atoms with Crippen molar-refractivity contribution in [3.63, 3.8) is 0 Å². The lowest BCUT2D eigenvalue weighted by Crippen LogP contribution is -2.34. The summed E-state index contributed by atoms with van der Waals surface area (Å²) in [6.07, 6.45) is 0.0576. The molecule has 0 saturated heterocycles. The van der Waals surface area contributed by atoms with E-state index in [-0.39, 0.29) is 18.5 Å². The first-order valence-electron chi connectivity index (χ1n) is 6.57. The van der Waals surface area contributed by atoms with E-state index in [1.165, 1.54) is 10.4 Å². The molecular weight excluding hydrogens is 349 g/mol. The average molecular weight is 365 g/mol. The van der Waals surface area contributed by atoms with Gasteiger partial charge in [0.15, 0.2) is 0 Å². The first-order chi connectivity index (χ1) is 9.67. The summed E-state index contributed by atoms with van der Waals surface area (Å²) in [4.78, 5) is 3.78.